The molecule has 1 aromatic heterocycles. The lowest BCUT2D eigenvalue weighted by Crippen LogP contribution is -2.24. The molecule has 1 unspecified atom stereocenters. The maximum absolute atomic E-state index is 5.36. The highest BCUT2D eigenvalue weighted by Crippen LogP contribution is 2.29. The molecule has 1 heterocycles. The molecule has 0 amide bonds. The van der Waals surface area contributed by atoms with Crippen molar-refractivity contribution in [2.45, 2.75) is 45.6 Å². The van der Waals surface area contributed by atoms with E-state index in [2.05, 4.69) is 22.2 Å². The minimum atomic E-state index is 0.474. The first kappa shape index (κ1) is 12.1. The standard InChI is InChI=1S/C13H21N3O/c1-3-17-13-8-12(14-9-15-13)16-10(2)11-6-4-5-7-11/h8-11H,3-7H2,1-2H3,(H,14,15,16). The summed E-state index contributed by atoms with van der Waals surface area (Å²) in [7, 11) is 0. The van der Waals surface area contributed by atoms with Crippen molar-refractivity contribution in [3.63, 3.8) is 0 Å². The van der Waals surface area contributed by atoms with Gasteiger partial charge in [-0.2, -0.15) is 0 Å². The number of nitrogens with zero attached hydrogens (tertiary/aromatic N) is 2. The summed E-state index contributed by atoms with van der Waals surface area (Å²) >= 11 is 0. The number of hydrogen-bond acceptors (Lipinski definition) is 4. The lowest BCUT2D eigenvalue weighted by Gasteiger charge is -2.20. The number of nitrogens with one attached hydrogen (secondary N) is 1. The third-order valence-electron chi connectivity index (χ3n) is 3.42. The molecule has 0 spiro atoms. The van der Waals surface area contributed by atoms with Gasteiger partial charge < -0.3 is 10.1 Å². The zero-order valence-electron chi connectivity index (χ0n) is 10.6. The third-order valence-corrected chi connectivity index (χ3v) is 3.42. The first-order valence-corrected chi connectivity index (χ1v) is 6.51. The van der Waals surface area contributed by atoms with E-state index < -0.39 is 0 Å². The van der Waals surface area contributed by atoms with Crippen LogP contribution in [-0.4, -0.2) is 22.6 Å². The van der Waals surface area contributed by atoms with Gasteiger partial charge in [0.15, 0.2) is 0 Å². The second-order valence-corrected chi connectivity index (χ2v) is 4.65. The molecule has 0 bridgehead atoms. The van der Waals surface area contributed by atoms with Crippen LogP contribution in [0.3, 0.4) is 0 Å². The van der Waals surface area contributed by atoms with Gasteiger partial charge in [-0.05, 0) is 32.6 Å². The summed E-state index contributed by atoms with van der Waals surface area (Å²) in [4.78, 5) is 8.29. The largest absolute Gasteiger partial charge is 0.478 e. The summed E-state index contributed by atoms with van der Waals surface area (Å²) in [5.74, 6) is 2.28. The van der Waals surface area contributed by atoms with Crippen LogP contribution in [0.25, 0.3) is 0 Å². The fourth-order valence-electron chi connectivity index (χ4n) is 2.45. The molecule has 2 rings (SSSR count). The minimum absolute atomic E-state index is 0.474. The quantitative estimate of drug-likeness (QED) is 0.852. The molecule has 1 N–H and O–H groups in total. The highest BCUT2D eigenvalue weighted by Gasteiger charge is 2.21. The monoisotopic (exact) mass is 235 g/mol. The van der Waals surface area contributed by atoms with Crippen LogP contribution in [0.4, 0.5) is 5.82 Å². The summed E-state index contributed by atoms with van der Waals surface area (Å²) in [6.07, 6.45) is 6.94. The highest BCUT2D eigenvalue weighted by atomic mass is 16.5. The molecule has 1 aliphatic rings. The van der Waals surface area contributed by atoms with Gasteiger partial charge in [0.25, 0.3) is 0 Å². The average molecular weight is 235 g/mol. The Balaban J connectivity index is 1.94. The Labute approximate surface area is 103 Å². The van der Waals surface area contributed by atoms with E-state index in [0.29, 0.717) is 18.5 Å². The van der Waals surface area contributed by atoms with E-state index in [1.54, 1.807) is 6.33 Å². The molecular weight excluding hydrogens is 214 g/mol. The Hall–Kier alpha value is -1.32. The summed E-state index contributed by atoms with van der Waals surface area (Å²) in [5, 5.41) is 3.45. The second-order valence-electron chi connectivity index (χ2n) is 4.65. The van der Waals surface area contributed by atoms with Crippen molar-refractivity contribution < 1.29 is 4.74 Å². The lowest BCUT2D eigenvalue weighted by molar-refractivity contribution is 0.326. The molecular formula is C13H21N3O. The predicted octanol–water partition coefficient (Wildman–Crippen LogP) is 2.87. The van der Waals surface area contributed by atoms with Crippen LogP contribution in [0.15, 0.2) is 12.4 Å². The van der Waals surface area contributed by atoms with Crippen LogP contribution in [0.2, 0.25) is 0 Å². The first-order chi connectivity index (χ1) is 8.29. The number of aromatic nitrogens is 2. The average Bonchev–Trinajstić information content (AvgIpc) is 2.83. The molecule has 0 aromatic carbocycles. The van der Waals surface area contributed by atoms with Gasteiger partial charge in [0, 0.05) is 12.1 Å². The summed E-state index contributed by atoms with van der Waals surface area (Å²) in [6, 6.07) is 2.34. The van der Waals surface area contributed by atoms with Crippen molar-refractivity contribution in [1.29, 1.82) is 0 Å². The van der Waals surface area contributed by atoms with Gasteiger partial charge in [-0.1, -0.05) is 12.8 Å². The van der Waals surface area contributed by atoms with E-state index in [9.17, 15) is 0 Å². The third kappa shape index (κ3) is 3.32. The van der Waals surface area contributed by atoms with Gasteiger partial charge in [0.2, 0.25) is 5.88 Å². The van der Waals surface area contributed by atoms with Gasteiger partial charge in [0.05, 0.1) is 6.61 Å². The summed E-state index contributed by atoms with van der Waals surface area (Å²) in [6.45, 7) is 4.82. The molecule has 17 heavy (non-hydrogen) atoms. The first-order valence-electron chi connectivity index (χ1n) is 6.51. The van der Waals surface area contributed by atoms with Crippen molar-refractivity contribution in [3.05, 3.63) is 12.4 Å². The minimum Gasteiger partial charge on any atom is -0.478 e. The van der Waals surface area contributed by atoms with E-state index >= 15 is 0 Å². The number of ether oxygens (including phenoxy) is 1. The van der Waals surface area contributed by atoms with Crippen LogP contribution >= 0.6 is 0 Å². The molecule has 1 fully saturated rings. The molecule has 0 radical (unpaired) electrons. The Morgan fingerprint density at radius 3 is 2.88 bits per heavy atom. The van der Waals surface area contributed by atoms with Crippen LogP contribution < -0.4 is 10.1 Å². The predicted molar refractivity (Wildman–Crippen MR) is 68.2 cm³/mol. The van der Waals surface area contributed by atoms with E-state index in [0.717, 1.165) is 11.7 Å². The van der Waals surface area contributed by atoms with E-state index in [4.69, 9.17) is 4.74 Å². The Kier molecular flexibility index (Phi) is 4.18. The maximum atomic E-state index is 5.36. The smallest absolute Gasteiger partial charge is 0.218 e. The van der Waals surface area contributed by atoms with Crippen molar-refractivity contribution in [3.8, 4) is 5.88 Å². The van der Waals surface area contributed by atoms with Gasteiger partial charge in [-0.3, -0.25) is 0 Å². The molecule has 1 saturated carbocycles. The van der Waals surface area contributed by atoms with E-state index in [1.165, 1.54) is 25.7 Å². The Morgan fingerprint density at radius 1 is 1.41 bits per heavy atom. The van der Waals surface area contributed by atoms with Gasteiger partial charge >= 0.3 is 0 Å². The van der Waals surface area contributed by atoms with Gasteiger partial charge in [0.1, 0.15) is 12.1 Å². The van der Waals surface area contributed by atoms with Gasteiger partial charge in [-0.15, -0.1) is 0 Å². The van der Waals surface area contributed by atoms with Crippen LogP contribution in [0.5, 0.6) is 5.88 Å². The van der Waals surface area contributed by atoms with Crippen molar-refractivity contribution in [2.75, 3.05) is 11.9 Å². The van der Waals surface area contributed by atoms with Crippen LogP contribution in [-0.2, 0) is 0 Å². The zero-order chi connectivity index (χ0) is 12.1. The molecule has 0 aliphatic heterocycles. The van der Waals surface area contributed by atoms with Gasteiger partial charge in [-0.25, -0.2) is 9.97 Å². The number of hydrogen-bond donors (Lipinski definition) is 1. The molecule has 1 aromatic rings. The van der Waals surface area contributed by atoms with Crippen molar-refractivity contribution in [2.24, 2.45) is 5.92 Å². The lowest BCUT2D eigenvalue weighted by atomic mass is 10.00. The molecule has 4 nitrogen and oxygen atoms in total. The van der Waals surface area contributed by atoms with Crippen LogP contribution in [0, 0.1) is 5.92 Å². The SMILES string of the molecule is CCOc1cc(NC(C)C2CCCC2)ncn1. The topological polar surface area (TPSA) is 47.0 Å². The fourth-order valence-corrected chi connectivity index (χ4v) is 2.45. The molecule has 1 aliphatic carbocycles. The Bertz CT molecular complexity index is 350. The number of anilines is 1. The second kappa shape index (κ2) is 5.84. The molecule has 1 atom stereocenters. The normalized spacial score (nSPS) is 18.0. The van der Waals surface area contributed by atoms with E-state index in [-0.39, 0.29) is 0 Å². The summed E-state index contributed by atoms with van der Waals surface area (Å²) in [5.41, 5.74) is 0. The highest BCUT2D eigenvalue weighted by molar-refractivity contribution is 5.38. The van der Waals surface area contributed by atoms with Crippen LogP contribution in [0.1, 0.15) is 39.5 Å². The molecule has 0 saturated heterocycles. The van der Waals surface area contributed by atoms with E-state index in [1.807, 2.05) is 13.0 Å². The number of rotatable bonds is 5. The van der Waals surface area contributed by atoms with Crippen molar-refractivity contribution >= 4 is 5.82 Å². The molecule has 94 valence electrons. The molecule has 4 heteroatoms. The fraction of sp³-hybridized carbons (Fsp3) is 0.692. The maximum Gasteiger partial charge on any atom is 0.218 e. The van der Waals surface area contributed by atoms with Crippen molar-refractivity contribution in [1.82, 2.24) is 9.97 Å². The summed E-state index contributed by atoms with van der Waals surface area (Å²) < 4.78 is 5.36. The zero-order valence-corrected chi connectivity index (χ0v) is 10.6. The Morgan fingerprint density at radius 2 is 2.18 bits per heavy atom.